The largest absolute Gasteiger partial charge is 0.375 e. The molecule has 0 bridgehead atoms. The summed E-state index contributed by atoms with van der Waals surface area (Å²) >= 11 is 3.51. The highest BCUT2D eigenvalue weighted by Crippen LogP contribution is 2.27. The van der Waals surface area contributed by atoms with Gasteiger partial charge in [-0.15, -0.1) is 0 Å². The summed E-state index contributed by atoms with van der Waals surface area (Å²) < 4.78 is 7.89. The molecule has 1 aromatic rings. The Labute approximate surface area is 129 Å². The van der Waals surface area contributed by atoms with Crippen LogP contribution in [-0.2, 0) is 11.3 Å². The van der Waals surface area contributed by atoms with E-state index in [0.717, 1.165) is 31.6 Å². The van der Waals surface area contributed by atoms with Gasteiger partial charge in [-0.1, -0.05) is 35.2 Å². The maximum absolute atomic E-state index is 5.68. The average Bonchev–Trinajstić information content (AvgIpc) is 2.97. The lowest BCUT2D eigenvalue weighted by Crippen LogP contribution is -2.42. The number of halogens is 1. The zero-order valence-electron chi connectivity index (χ0n) is 12.0. The molecule has 0 radical (unpaired) electrons. The molecule has 1 saturated heterocycles. The van der Waals surface area contributed by atoms with Gasteiger partial charge in [-0.2, -0.15) is 5.10 Å². The fraction of sp³-hybridized carbons (Fsp3) is 0.800. The highest BCUT2D eigenvalue weighted by molar-refractivity contribution is 9.09. The highest BCUT2D eigenvalue weighted by Gasteiger charge is 2.21. The summed E-state index contributed by atoms with van der Waals surface area (Å²) in [5.74, 6) is 0. The summed E-state index contributed by atoms with van der Waals surface area (Å²) in [4.78, 5) is 2.45. The molecule has 0 aromatic carbocycles. The number of alkyl halides is 1. The second kappa shape index (κ2) is 7.05. The summed E-state index contributed by atoms with van der Waals surface area (Å²) in [7, 11) is 0. The Hall–Kier alpha value is -0.390. The third-order valence-electron chi connectivity index (χ3n) is 4.39. The van der Waals surface area contributed by atoms with E-state index in [4.69, 9.17) is 9.84 Å². The van der Waals surface area contributed by atoms with Crippen LogP contribution in [0.15, 0.2) is 12.3 Å². The van der Waals surface area contributed by atoms with Crippen LogP contribution in [0.4, 0.5) is 0 Å². The standard InChI is InChI=1S/C15H24BrN3O/c16-10-15-12-18(8-9-20-15)11-13-6-7-19(17-13)14-4-2-1-3-5-14/h6-7,14-15H,1-5,8-12H2. The first-order chi connectivity index (χ1) is 9.85. The summed E-state index contributed by atoms with van der Waals surface area (Å²) in [6.45, 7) is 3.80. The van der Waals surface area contributed by atoms with E-state index < -0.39 is 0 Å². The molecule has 1 aromatic heterocycles. The third-order valence-corrected chi connectivity index (χ3v) is 5.12. The molecule has 1 aliphatic heterocycles. The predicted molar refractivity (Wildman–Crippen MR) is 83.2 cm³/mol. The van der Waals surface area contributed by atoms with Crippen molar-refractivity contribution in [2.24, 2.45) is 0 Å². The Balaban J connectivity index is 1.56. The van der Waals surface area contributed by atoms with Gasteiger partial charge in [0.05, 0.1) is 24.4 Å². The fourth-order valence-electron chi connectivity index (χ4n) is 3.26. The number of rotatable bonds is 4. The van der Waals surface area contributed by atoms with Crippen molar-refractivity contribution in [1.29, 1.82) is 0 Å². The van der Waals surface area contributed by atoms with E-state index in [9.17, 15) is 0 Å². The molecule has 20 heavy (non-hydrogen) atoms. The molecule has 4 nitrogen and oxygen atoms in total. The maximum Gasteiger partial charge on any atom is 0.0799 e. The molecule has 2 heterocycles. The molecule has 0 spiro atoms. The van der Waals surface area contributed by atoms with Gasteiger partial charge in [-0.25, -0.2) is 0 Å². The topological polar surface area (TPSA) is 30.3 Å². The van der Waals surface area contributed by atoms with Gasteiger partial charge in [-0.3, -0.25) is 9.58 Å². The average molecular weight is 342 g/mol. The third kappa shape index (κ3) is 3.62. The van der Waals surface area contributed by atoms with E-state index in [1.54, 1.807) is 0 Å². The number of hydrogen-bond donors (Lipinski definition) is 0. The van der Waals surface area contributed by atoms with Crippen molar-refractivity contribution in [3.63, 3.8) is 0 Å². The van der Waals surface area contributed by atoms with Crippen LogP contribution < -0.4 is 0 Å². The van der Waals surface area contributed by atoms with Crippen molar-refractivity contribution < 1.29 is 4.74 Å². The first-order valence-electron chi connectivity index (χ1n) is 7.79. The number of nitrogens with zero attached hydrogens (tertiary/aromatic N) is 3. The molecular weight excluding hydrogens is 318 g/mol. The SMILES string of the molecule is BrCC1CN(Cc2ccn(C3CCCCC3)n2)CCO1. The van der Waals surface area contributed by atoms with Crippen LogP contribution in [0.5, 0.6) is 0 Å². The number of morpholine rings is 1. The second-order valence-corrected chi connectivity index (χ2v) is 6.61. The Morgan fingerprint density at radius 2 is 2.15 bits per heavy atom. The van der Waals surface area contributed by atoms with Crippen molar-refractivity contribution in [3.05, 3.63) is 18.0 Å². The van der Waals surface area contributed by atoms with E-state index in [-0.39, 0.29) is 0 Å². The molecule has 5 heteroatoms. The summed E-state index contributed by atoms with van der Waals surface area (Å²) in [5.41, 5.74) is 1.20. The quantitative estimate of drug-likeness (QED) is 0.788. The van der Waals surface area contributed by atoms with E-state index in [1.807, 2.05) is 0 Å². The zero-order valence-corrected chi connectivity index (χ0v) is 13.6. The minimum atomic E-state index is 0.323. The molecule has 3 rings (SSSR count). The summed E-state index contributed by atoms with van der Waals surface area (Å²) in [6, 6.07) is 2.82. The molecule has 1 atom stereocenters. The smallest absolute Gasteiger partial charge is 0.0799 e. The van der Waals surface area contributed by atoms with Crippen LogP contribution in [0.3, 0.4) is 0 Å². The molecule has 0 amide bonds. The van der Waals surface area contributed by atoms with Gasteiger partial charge >= 0.3 is 0 Å². The highest BCUT2D eigenvalue weighted by atomic mass is 79.9. The lowest BCUT2D eigenvalue weighted by molar-refractivity contribution is -0.0186. The van der Waals surface area contributed by atoms with E-state index in [0.29, 0.717) is 12.1 Å². The Morgan fingerprint density at radius 3 is 2.95 bits per heavy atom. The van der Waals surface area contributed by atoms with Crippen LogP contribution in [0.25, 0.3) is 0 Å². The summed E-state index contributed by atoms with van der Waals surface area (Å²) in [5, 5.41) is 5.72. The van der Waals surface area contributed by atoms with Crippen LogP contribution in [0.2, 0.25) is 0 Å². The Kier molecular flexibility index (Phi) is 5.13. The monoisotopic (exact) mass is 341 g/mol. The molecule has 1 unspecified atom stereocenters. The fourth-order valence-corrected chi connectivity index (χ4v) is 3.65. The normalized spacial score (nSPS) is 25.9. The van der Waals surface area contributed by atoms with Gasteiger partial charge in [0.2, 0.25) is 0 Å². The van der Waals surface area contributed by atoms with Gasteiger partial charge in [0.25, 0.3) is 0 Å². The molecule has 0 N–H and O–H groups in total. The van der Waals surface area contributed by atoms with Gasteiger partial charge in [0.15, 0.2) is 0 Å². The first kappa shape index (κ1) is 14.5. The minimum absolute atomic E-state index is 0.323. The van der Waals surface area contributed by atoms with Crippen LogP contribution >= 0.6 is 15.9 Å². The molecule has 2 fully saturated rings. The maximum atomic E-state index is 5.68. The number of hydrogen-bond acceptors (Lipinski definition) is 3. The number of aromatic nitrogens is 2. The van der Waals surface area contributed by atoms with Crippen LogP contribution in [0, 0.1) is 0 Å². The van der Waals surface area contributed by atoms with E-state index in [2.05, 4.69) is 37.8 Å². The molecule has 2 aliphatic rings. The first-order valence-corrected chi connectivity index (χ1v) is 8.91. The minimum Gasteiger partial charge on any atom is -0.375 e. The zero-order chi connectivity index (χ0) is 13.8. The predicted octanol–water partition coefficient (Wildman–Crippen LogP) is 2.98. The van der Waals surface area contributed by atoms with E-state index in [1.165, 1.54) is 37.8 Å². The lowest BCUT2D eigenvalue weighted by Gasteiger charge is -2.31. The van der Waals surface area contributed by atoms with Gasteiger partial charge in [0.1, 0.15) is 0 Å². The van der Waals surface area contributed by atoms with Gasteiger partial charge < -0.3 is 4.74 Å². The molecule has 112 valence electrons. The van der Waals surface area contributed by atoms with Crippen molar-refractivity contribution >= 4 is 15.9 Å². The van der Waals surface area contributed by atoms with Crippen molar-refractivity contribution in [2.75, 3.05) is 25.0 Å². The lowest BCUT2D eigenvalue weighted by atomic mass is 9.96. The second-order valence-electron chi connectivity index (χ2n) is 5.96. The van der Waals surface area contributed by atoms with Gasteiger partial charge in [-0.05, 0) is 18.9 Å². The Bertz CT molecular complexity index is 417. The van der Waals surface area contributed by atoms with Crippen molar-refractivity contribution in [3.8, 4) is 0 Å². The van der Waals surface area contributed by atoms with Crippen molar-refractivity contribution in [1.82, 2.24) is 14.7 Å². The van der Waals surface area contributed by atoms with Gasteiger partial charge in [0, 0.05) is 31.2 Å². The molecule has 1 saturated carbocycles. The van der Waals surface area contributed by atoms with Crippen LogP contribution in [-0.4, -0.2) is 45.8 Å². The van der Waals surface area contributed by atoms with Crippen molar-refractivity contribution in [2.45, 2.75) is 50.8 Å². The molecular formula is C15H24BrN3O. The summed E-state index contributed by atoms with van der Waals surface area (Å²) in [6.07, 6.45) is 9.20. The van der Waals surface area contributed by atoms with Crippen LogP contribution in [0.1, 0.15) is 43.8 Å². The Morgan fingerprint density at radius 1 is 1.30 bits per heavy atom. The number of ether oxygens (including phenoxy) is 1. The van der Waals surface area contributed by atoms with E-state index >= 15 is 0 Å². The molecule has 1 aliphatic carbocycles.